The van der Waals surface area contributed by atoms with Crippen LogP contribution in [0.5, 0.6) is 5.75 Å². The molecule has 1 aromatic rings. The predicted octanol–water partition coefficient (Wildman–Crippen LogP) is 3.19. The van der Waals surface area contributed by atoms with Crippen LogP contribution in [0.3, 0.4) is 0 Å². The Morgan fingerprint density at radius 3 is 2.69 bits per heavy atom. The maximum Gasteiger partial charge on any atom is 0.347 e. The van der Waals surface area contributed by atoms with Crippen LogP contribution in [0.15, 0.2) is 22.7 Å². The van der Waals surface area contributed by atoms with Crippen molar-refractivity contribution in [2.45, 2.75) is 17.9 Å². The number of alkyl halides is 3. The first kappa shape index (κ1) is 13.7. The van der Waals surface area contributed by atoms with Crippen LogP contribution in [0.25, 0.3) is 0 Å². The highest BCUT2D eigenvalue weighted by molar-refractivity contribution is 9.10. The van der Waals surface area contributed by atoms with E-state index in [-0.39, 0.29) is 6.42 Å². The van der Waals surface area contributed by atoms with Crippen LogP contribution in [0.4, 0.5) is 8.78 Å². The second-order valence-corrected chi connectivity index (χ2v) is 4.64. The summed E-state index contributed by atoms with van der Waals surface area (Å²) in [6.45, 7) is 0. The first-order valence-corrected chi connectivity index (χ1v) is 5.59. The Kier molecular flexibility index (Phi) is 4.52. The van der Waals surface area contributed by atoms with Gasteiger partial charge in [0.05, 0.1) is 7.11 Å². The van der Waals surface area contributed by atoms with E-state index >= 15 is 0 Å². The molecule has 1 rings (SSSR count). The molecular formula is C10H10BrClF2O2. The molecule has 1 aromatic carbocycles. The van der Waals surface area contributed by atoms with Gasteiger partial charge < -0.3 is 9.84 Å². The fraction of sp³-hybridized carbons (Fsp3) is 0.400. The van der Waals surface area contributed by atoms with Gasteiger partial charge in [0.1, 0.15) is 11.9 Å². The Labute approximate surface area is 105 Å². The largest absolute Gasteiger partial charge is 0.496 e. The molecule has 0 amide bonds. The Bertz CT molecular complexity index is 368. The molecule has 0 heterocycles. The normalized spacial score (nSPS) is 13.6. The smallest absolute Gasteiger partial charge is 0.347 e. The van der Waals surface area contributed by atoms with Crippen LogP contribution in [-0.2, 0) is 6.42 Å². The zero-order valence-corrected chi connectivity index (χ0v) is 10.7. The molecule has 1 N–H and O–H groups in total. The Morgan fingerprint density at radius 2 is 2.19 bits per heavy atom. The molecule has 0 bridgehead atoms. The van der Waals surface area contributed by atoms with Crippen molar-refractivity contribution in [2.75, 3.05) is 7.11 Å². The molecule has 0 aliphatic heterocycles. The summed E-state index contributed by atoms with van der Waals surface area (Å²) in [5.41, 5.74) is 0.463. The lowest BCUT2D eigenvalue weighted by molar-refractivity contribution is -0.0399. The molecule has 2 nitrogen and oxygen atoms in total. The molecule has 0 saturated carbocycles. The minimum atomic E-state index is -3.65. The van der Waals surface area contributed by atoms with Crippen molar-refractivity contribution in [3.05, 3.63) is 28.2 Å². The number of hydrogen-bond donors (Lipinski definition) is 1. The molecule has 1 atom stereocenters. The first-order valence-electron chi connectivity index (χ1n) is 4.42. The van der Waals surface area contributed by atoms with Crippen molar-refractivity contribution in [1.82, 2.24) is 0 Å². The minimum absolute atomic E-state index is 0.279. The molecule has 0 aliphatic rings. The number of ether oxygens (including phenoxy) is 1. The molecular weight excluding hydrogens is 305 g/mol. The third-order valence-corrected chi connectivity index (χ3v) is 2.78. The number of hydrogen-bond acceptors (Lipinski definition) is 2. The lowest BCUT2D eigenvalue weighted by atomic mass is 10.1. The predicted molar refractivity (Wildman–Crippen MR) is 61.2 cm³/mol. The van der Waals surface area contributed by atoms with Crippen molar-refractivity contribution in [3.8, 4) is 5.75 Å². The van der Waals surface area contributed by atoms with E-state index in [4.69, 9.17) is 16.3 Å². The van der Waals surface area contributed by atoms with E-state index in [0.29, 0.717) is 15.8 Å². The molecule has 1 unspecified atom stereocenters. The van der Waals surface area contributed by atoms with Gasteiger partial charge in [-0.05, 0) is 35.4 Å². The van der Waals surface area contributed by atoms with Gasteiger partial charge in [0.15, 0.2) is 0 Å². The quantitative estimate of drug-likeness (QED) is 0.865. The van der Waals surface area contributed by atoms with Crippen molar-refractivity contribution in [3.63, 3.8) is 0 Å². The molecule has 0 aliphatic carbocycles. The minimum Gasteiger partial charge on any atom is -0.496 e. The van der Waals surface area contributed by atoms with Gasteiger partial charge >= 0.3 is 5.38 Å². The summed E-state index contributed by atoms with van der Waals surface area (Å²) >= 11 is 7.94. The van der Waals surface area contributed by atoms with E-state index in [9.17, 15) is 13.9 Å². The van der Waals surface area contributed by atoms with Gasteiger partial charge in [-0.15, -0.1) is 0 Å². The van der Waals surface area contributed by atoms with E-state index in [1.54, 1.807) is 18.2 Å². The van der Waals surface area contributed by atoms with Crippen molar-refractivity contribution >= 4 is 27.5 Å². The SMILES string of the molecule is COc1ccc(Br)cc1CC(O)C(F)(F)Cl. The highest BCUT2D eigenvalue weighted by Crippen LogP contribution is 2.30. The van der Waals surface area contributed by atoms with Crippen molar-refractivity contribution in [1.29, 1.82) is 0 Å². The highest BCUT2D eigenvalue weighted by Gasteiger charge is 2.36. The molecule has 16 heavy (non-hydrogen) atoms. The highest BCUT2D eigenvalue weighted by atomic mass is 79.9. The second kappa shape index (κ2) is 5.29. The number of halogens is 4. The van der Waals surface area contributed by atoms with Crippen LogP contribution < -0.4 is 4.74 Å². The van der Waals surface area contributed by atoms with Crippen molar-refractivity contribution in [2.24, 2.45) is 0 Å². The molecule has 6 heteroatoms. The number of methoxy groups -OCH3 is 1. The van der Waals surface area contributed by atoms with Gasteiger partial charge in [0, 0.05) is 10.9 Å². The fourth-order valence-corrected chi connectivity index (χ4v) is 1.72. The summed E-state index contributed by atoms with van der Waals surface area (Å²) in [5.74, 6) is 0.433. The van der Waals surface area contributed by atoms with Gasteiger partial charge in [-0.3, -0.25) is 0 Å². The lowest BCUT2D eigenvalue weighted by Gasteiger charge is -2.17. The summed E-state index contributed by atoms with van der Waals surface area (Å²) in [5, 5.41) is 5.55. The van der Waals surface area contributed by atoms with Gasteiger partial charge in [-0.25, -0.2) is 0 Å². The van der Waals surface area contributed by atoms with Gasteiger partial charge in [0.2, 0.25) is 0 Å². The molecule has 0 radical (unpaired) electrons. The van der Waals surface area contributed by atoms with E-state index in [2.05, 4.69) is 15.9 Å². The van der Waals surface area contributed by atoms with Gasteiger partial charge in [-0.1, -0.05) is 15.9 Å². The number of aliphatic hydroxyl groups excluding tert-OH is 1. The summed E-state index contributed by atoms with van der Waals surface area (Å²) in [7, 11) is 1.43. The van der Waals surface area contributed by atoms with Crippen LogP contribution >= 0.6 is 27.5 Å². The molecule has 90 valence electrons. The number of aliphatic hydroxyl groups is 1. The maximum atomic E-state index is 12.6. The summed E-state index contributed by atoms with van der Waals surface area (Å²) in [4.78, 5) is 0. The molecule has 0 aromatic heterocycles. The first-order chi connectivity index (χ1) is 7.34. The monoisotopic (exact) mass is 314 g/mol. The Morgan fingerprint density at radius 1 is 1.56 bits per heavy atom. The lowest BCUT2D eigenvalue weighted by Crippen LogP contribution is -2.29. The topological polar surface area (TPSA) is 29.5 Å². The van der Waals surface area contributed by atoms with Crippen LogP contribution in [0.2, 0.25) is 0 Å². The zero-order chi connectivity index (χ0) is 12.3. The Balaban J connectivity index is 2.91. The summed E-state index contributed by atoms with van der Waals surface area (Å²) in [6, 6.07) is 4.94. The summed E-state index contributed by atoms with van der Waals surface area (Å²) in [6.07, 6.45) is -2.23. The van der Waals surface area contributed by atoms with E-state index in [1.807, 2.05) is 0 Å². The van der Waals surface area contributed by atoms with Crippen LogP contribution in [-0.4, -0.2) is 23.7 Å². The third kappa shape index (κ3) is 3.57. The van der Waals surface area contributed by atoms with Gasteiger partial charge in [-0.2, -0.15) is 8.78 Å². The maximum absolute atomic E-state index is 12.6. The average Bonchev–Trinajstić information content (AvgIpc) is 2.16. The fourth-order valence-electron chi connectivity index (χ4n) is 1.23. The second-order valence-electron chi connectivity index (χ2n) is 3.22. The number of benzene rings is 1. The average molecular weight is 316 g/mol. The third-order valence-electron chi connectivity index (χ3n) is 2.03. The van der Waals surface area contributed by atoms with E-state index in [0.717, 1.165) is 0 Å². The van der Waals surface area contributed by atoms with Crippen molar-refractivity contribution < 1.29 is 18.6 Å². The number of rotatable bonds is 4. The van der Waals surface area contributed by atoms with E-state index in [1.165, 1.54) is 7.11 Å². The van der Waals surface area contributed by atoms with E-state index < -0.39 is 11.5 Å². The summed E-state index contributed by atoms with van der Waals surface area (Å²) < 4.78 is 30.9. The Hall–Kier alpha value is -0.390. The van der Waals surface area contributed by atoms with Gasteiger partial charge in [0.25, 0.3) is 0 Å². The molecule has 0 saturated heterocycles. The molecule has 0 fully saturated rings. The standard InChI is InChI=1S/C10H10BrClF2O2/c1-16-8-3-2-7(11)4-6(8)5-9(15)10(12,13)14/h2-4,9,15H,5H2,1H3. The van der Waals surface area contributed by atoms with Crippen LogP contribution in [0.1, 0.15) is 5.56 Å². The van der Waals surface area contributed by atoms with Crippen LogP contribution in [0, 0.1) is 0 Å². The zero-order valence-electron chi connectivity index (χ0n) is 8.38. The molecule has 0 spiro atoms.